The van der Waals surface area contributed by atoms with Crippen LogP contribution in [0.2, 0.25) is 10.0 Å². The van der Waals surface area contributed by atoms with Gasteiger partial charge in [-0.1, -0.05) is 65.3 Å². The van der Waals surface area contributed by atoms with Crippen LogP contribution in [0.15, 0.2) is 64.4 Å². The number of halogens is 2. The molecule has 0 unspecified atom stereocenters. The van der Waals surface area contributed by atoms with Gasteiger partial charge in [0.1, 0.15) is 0 Å². The van der Waals surface area contributed by atoms with Crippen molar-refractivity contribution in [1.29, 1.82) is 0 Å². The van der Waals surface area contributed by atoms with Crippen LogP contribution in [-0.2, 0) is 11.3 Å². The van der Waals surface area contributed by atoms with Gasteiger partial charge in [-0.25, -0.2) is 4.98 Å². The molecule has 11 heteroatoms. The molecule has 0 aliphatic rings. The van der Waals surface area contributed by atoms with E-state index in [-0.39, 0.29) is 11.7 Å². The van der Waals surface area contributed by atoms with E-state index in [1.165, 1.54) is 33.5 Å². The van der Waals surface area contributed by atoms with E-state index in [1.54, 1.807) is 23.5 Å². The number of benzene rings is 2. The van der Waals surface area contributed by atoms with Crippen molar-refractivity contribution in [2.75, 3.05) is 11.1 Å². The molecular formula is C26H21Cl2N5OS3. The van der Waals surface area contributed by atoms with Crippen LogP contribution in [0.5, 0.6) is 0 Å². The Hall–Kier alpha value is -2.69. The Morgan fingerprint density at radius 2 is 1.86 bits per heavy atom. The Balaban J connectivity index is 1.29. The van der Waals surface area contributed by atoms with Gasteiger partial charge < -0.3 is 9.88 Å². The summed E-state index contributed by atoms with van der Waals surface area (Å²) < 4.78 is 2.05. The first-order chi connectivity index (χ1) is 17.9. The van der Waals surface area contributed by atoms with Gasteiger partial charge in [0.05, 0.1) is 16.5 Å². The number of thiazole rings is 1. The number of hydrogen-bond acceptors (Lipinski definition) is 7. The average Bonchev–Trinajstić information content (AvgIpc) is 3.61. The van der Waals surface area contributed by atoms with Gasteiger partial charge in [-0.05, 0) is 37.6 Å². The molecule has 5 aromatic rings. The zero-order chi connectivity index (χ0) is 25.9. The molecule has 0 aliphatic heterocycles. The Kier molecular flexibility index (Phi) is 7.97. The third-order valence-corrected chi connectivity index (χ3v) is 8.78. The lowest BCUT2D eigenvalue weighted by atomic mass is 10.0. The van der Waals surface area contributed by atoms with Gasteiger partial charge in [0, 0.05) is 43.9 Å². The van der Waals surface area contributed by atoms with Crippen molar-refractivity contribution in [1.82, 2.24) is 19.7 Å². The smallest absolute Gasteiger partial charge is 0.236 e. The maximum Gasteiger partial charge on any atom is 0.236 e. The molecule has 0 fully saturated rings. The van der Waals surface area contributed by atoms with Gasteiger partial charge in [0.25, 0.3) is 0 Å². The molecule has 0 spiro atoms. The number of aryl methyl sites for hydroxylation is 1. The molecule has 2 aromatic carbocycles. The Bertz CT molecular complexity index is 1560. The molecule has 6 nitrogen and oxygen atoms in total. The Labute approximate surface area is 236 Å². The number of thioether (sulfide) groups is 1. The monoisotopic (exact) mass is 585 g/mol. The summed E-state index contributed by atoms with van der Waals surface area (Å²) in [5.41, 5.74) is 4.82. The molecular weight excluding hydrogens is 565 g/mol. The number of carbonyl (C=O) groups is 1. The van der Waals surface area contributed by atoms with Gasteiger partial charge in [-0.3, -0.25) is 4.79 Å². The standard InChI is InChI=1S/C26H21Cl2N5OS3/c1-3-33-24(19-12-35-15(2)23(19)16-7-5-4-6-8-16)31-32-26(33)37-14-22(34)30-25-29-21(13-36-25)18-10-9-17(27)11-20(18)28/h4-13H,3,14H2,1-2H3,(H,29,30,34). The zero-order valence-electron chi connectivity index (χ0n) is 19.9. The molecule has 3 heterocycles. The van der Waals surface area contributed by atoms with Crippen molar-refractivity contribution in [3.63, 3.8) is 0 Å². The molecule has 1 amide bonds. The first-order valence-corrected chi connectivity index (χ1v) is 14.8. The molecule has 0 saturated carbocycles. The number of nitrogens with zero attached hydrogens (tertiary/aromatic N) is 4. The van der Waals surface area contributed by atoms with Crippen molar-refractivity contribution in [3.05, 3.63) is 74.2 Å². The van der Waals surface area contributed by atoms with Gasteiger partial charge in [0.2, 0.25) is 5.91 Å². The summed E-state index contributed by atoms with van der Waals surface area (Å²) in [6.45, 7) is 4.86. The van der Waals surface area contributed by atoms with Crippen LogP contribution in [0, 0.1) is 6.92 Å². The third-order valence-electron chi connectivity index (χ3n) is 5.60. The summed E-state index contributed by atoms with van der Waals surface area (Å²) >= 11 is 16.7. The Morgan fingerprint density at radius 3 is 2.62 bits per heavy atom. The number of aromatic nitrogens is 4. The summed E-state index contributed by atoms with van der Waals surface area (Å²) in [5, 5.41) is 18.0. The molecule has 188 valence electrons. The fourth-order valence-corrected chi connectivity index (χ4v) is 6.80. The highest BCUT2D eigenvalue weighted by Crippen LogP contribution is 2.39. The van der Waals surface area contributed by atoms with Crippen molar-refractivity contribution >= 4 is 68.7 Å². The number of hydrogen-bond donors (Lipinski definition) is 1. The SMILES string of the molecule is CCn1c(SCC(=O)Nc2nc(-c3ccc(Cl)cc3Cl)cs2)nnc1-c1csc(C)c1-c1ccccc1. The quantitative estimate of drug-likeness (QED) is 0.186. The van der Waals surface area contributed by atoms with Gasteiger partial charge in [-0.2, -0.15) is 0 Å². The van der Waals surface area contributed by atoms with Crippen LogP contribution in [0.1, 0.15) is 11.8 Å². The van der Waals surface area contributed by atoms with Gasteiger partial charge >= 0.3 is 0 Å². The summed E-state index contributed by atoms with van der Waals surface area (Å²) in [6.07, 6.45) is 0. The van der Waals surface area contributed by atoms with Gasteiger partial charge in [0.15, 0.2) is 16.1 Å². The topological polar surface area (TPSA) is 72.7 Å². The van der Waals surface area contributed by atoms with E-state index in [0.29, 0.717) is 32.6 Å². The van der Waals surface area contributed by atoms with Crippen LogP contribution >= 0.6 is 57.6 Å². The molecule has 3 aromatic heterocycles. The highest BCUT2D eigenvalue weighted by atomic mass is 35.5. The first kappa shape index (κ1) is 25.9. The van der Waals surface area contributed by atoms with Crippen LogP contribution in [0.4, 0.5) is 5.13 Å². The van der Waals surface area contributed by atoms with Crippen molar-refractivity contribution in [3.8, 4) is 33.8 Å². The van der Waals surface area contributed by atoms with Crippen LogP contribution in [-0.4, -0.2) is 31.4 Å². The molecule has 37 heavy (non-hydrogen) atoms. The highest BCUT2D eigenvalue weighted by Gasteiger charge is 2.20. The van der Waals surface area contributed by atoms with Crippen molar-refractivity contribution in [2.24, 2.45) is 0 Å². The van der Waals surface area contributed by atoms with Crippen LogP contribution in [0.25, 0.3) is 33.8 Å². The lowest BCUT2D eigenvalue weighted by Crippen LogP contribution is -2.14. The fraction of sp³-hybridized carbons (Fsp3) is 0.154. The second-order valence-electron chi connectivity index (χ2n) is 8.00. The molecule has 0 saturated heterocycles. The minimum atomic E-state index is -0.170. The predicted molar refractivity (Wildman–Crippen MR) is 156 cm³/mol. The maximum atomic E-state index is 12.7. The molecule has 0 bridgehead atoms. The minimum Gasteiger partial charge on any atom is -0.302 e. The lowest BCUT2D eigenvalue weighted by molar-refractivity contribution is -0.113. The number of rotatable bonds is 8. The van der Waals surface area contributed by atoms with E-state index < -0.39 is 0 Å². The number of thiophene rings is 1. The molecule has 0 aliphatic carbocycles. The average molecular weight is 587 g/mol. The molecule has 1 N–H and O–H groups in total. The number of nitrogens with one attached hydrogen (secondary N) is 1. The van der Waals surface area contributed by atoms with Crippen molar-refractivity contribution < 1.29 is 4.79 Å². The summed E-state index contributed by atoms with van der Waals surface area (Å²) in [6, 6.07) is 15.5. The Morgan fingerprint density at radius 1 is 1.05 bits per heavy atom. The zero-order valence-corrected chi connectivity index (χ0v) is 23.8. The first-order valence-electron chi connectivity index (χ1n) is 11.3. The van der Waals surface area contributed by atoms with Crippen LogP contribution < -0.4 is 5.32 Å². The summed E-state index contributed by atoms with van der Waals surface area (Å²) in [5.74, 6) is 0.817. The molecule has 0 radical (unpaired) electrons. The fourth-order valence-electron chi connectivity index (χ4n) is 3.90. The van der Waals surface area contributed by atoms with E-state index in [2.05, 4.69) is 56.4 Å². The van der Waals surface area contributed by atoms with E-state index in [1.807, 2.05) is 29.6 Å². The minimum absolute atomic E-state index is 0.170. The number of anilines is 1. The van der Waals surface area contributed by atoms with Crippen LogP contribution in [0.3, 0.4) is 0 Å². The maximum absolute atomic E-state index is 12.7. The van der Waals surface area contributed by atoms with E-state index in [0.717, 1.165) is 22.5 Å². The van der Waals surface area contributed by atoms with E-state index >= 15 is 0 Å². The lowest BCUT2D eigenvalue weighted by Gasteiger charge is -2.09. The highest BCUT2D eigenvalue weighted by molar-refractivity contribution is 7.99. The molecule has 5 rings (SSSR count). The summed E-state index contributed by atoms with van der Waals surface area (Å²) in [4.78, 5) is 18.4. The second kappa shape index (κ2) is 11.4. The second-order valence-corrected chi connectivity index (χ2v) is 11.7. The van der Waals surface area contributed by atoms with E-state index in [9.17, 15) is 4.79 Å². The predicted octanol–water partition coefficient (Wildman–Crippen LogP) is 8.16. The van der Waals surface area contributed by atoms with Crippen molar-refractivity contribution in [2.45, 2.75) is 25.5 Å². The normalized spacial score (nSPS) is 11.1. The third kappa shape index (κ3) is 5.61. The summed E-state index contributed by atoms with van der Waals surface area (Å²) in [7, 11) is 0. The van der Waals surface area contributed by atoms with E-state index in [4.69, 9.17) is 23.2 Å². The molecule has 0 atom stereocenters. The largest absolute Gasteiger partial charge is 0.302 e. The number of amides is 1. The number of carbonyl (C=O) groups excluding carboxylic acids is 1. The van der Waals surface area contributed by atoms with Gasteiger partial charge in [-0.15, -0.1) is 32.9 Å².